The Labute approximate surface area is 127 Å². The molecule has 0 spiro atoms. The van der Waals surface area contributed by atoms with Crippen molar-refractivity contribution in [3.8, 4) is 5.75 Å². The second-order valence-corrected chi connectivity index (χ2v) is 6.32. The van der Waals surface area contributed by atoms with E-state index in [1.54, 1.807) is 7.11 Å². The summed E-state index contributed by atoms with van der Waals surface area (Å²) in [4.78, 5) is 8.98. The van der Waals surface area contributed by atoms with Crippen LogP contribution in [-0.2, 0) is 5.41 Å². The van der Waals surface area contributed by atoms with Crippen molar-refractivity contribution in [3.63, 3.8) is 0 Å². The van der Waals surface area contributed by atoms with Crippen LogP contribution in [0.25, 0.3) is 0 Å². The highest BCUT2D eigenvalue weighted by Crippen LogP contribution is 2.25. The standard InChI is InChI=1S/C15H18BrN3O/c1-15(2,3)14-18-12(16)9-13(19-14)17-10-6-5-7-11(8-10)20-4/h5-9H,1-4H3,(H,17,18,19). The quantitative estimate of drug-likeness (QED) is 0.850. The van der Waals surface area contributed by atoms with Gasteiger partial charge in [0.05, 0.1) is 7.11 Å². The van der Waals surface area contributed by atoms with Crippen LogP contribution in [0, 0.1) is 0 Å². The van der Waals surface area contributed by atoms with Gasteiger partial charge in [-0.05, 0) is 28.1 Å². The number of ether oxygens (including phenoxy) is 1. The van der Waals surface area contributed by atoms with Crippen molar-refractivity contribution >= 4 is 27.4 Å². The third-order valence-electron chi connectivity index (χ3n) is 2.71. The summed E-state index contributed by atoms with van der Waals surface area (Å²) in [6, 6.07) is 9.58. The third kappa shape index (κ3) is 3.70. The van der Waals surface area contributed by atoms with Crippen LogP contribution in [0.2, 0.25) is 0 Å². The second kappa shape index (κ2) is 5.79. The first-order valence-corrected chi connectivity index (χ1v) is 7.14. The van der Waals surface area contributed by atoms with Gasteiger partial charge in [0.15, 0.2) is 0 Å². The Morgan fingerprint density at radius 2 is 1.90 bits per heavy atom. The molecule has 0 aliphatic heterocycles. The molecule has 1 N–H and O–H groups in total. The van der Waals surface area contributed by atoms with Gasteiger partial charge in [-0.3, -0.25) is 0 Å². The van der Waals surface area contributed by atoms with Gasteiger partial charge in [-0.25, -0.2) is 9.97 Å². The van der Waals surface area contributed by atoms with Crippen molar-refractivity contribution in [2.45, 2.75) is 26.2 Å². The van der Waals surface area contributed by atoms with Crippen LogP contribution < -0.4 is 10.1 Å². The smallest absolute Gasteiger partial charge is 0.137 e. The average Bonchev–Trinajstić information content (AvgIpc) is 2.37. The Morgan fingerprint density at radius 1 is 1.15 bits per heavy atom. The van der Waals surface area contributed by atoms with Crippen LogP contribution in [0.3, 0.4) is 0 Å². The van der Waals surface area contributed by atoms with E-state index in [1.807, 2.05) is 30.3 Å². The van der Waals surface area contributed by atoms with Crippen LogP contribution in [0.15, 0.2) is 34.9 Å². The minimum Gasteiger partial charge on any atom is -0.497 e. The van der Waals surface area contributed by atoms with Crippen molar-refractivity contribution in [1.82, 2.24) is 9.97 Å². The highest BCUT2D eigenvalue weighted by Gasteiger charge is 2.18. The zero-order valence-electron chi connectivity index (χ0n) is 12.1. The summed E-state index contributed by atoms with van der Waals surface area (Å²) in [6.07, 6.45) is 0. The van der Waals surface area contributed by atoms with Gasteiger partial charge < -0.3 is 10.1 Å². The van der Waals surface area contributed by atoms with Crippen LogP contribution in [0.4, 0.5) is 11.5 Å². The maximum absolute atomic E-state index is 5.21. The molecule has 0 aliphatic rings. The van der Waals surface area contributed by atoms with Gasteiger partial charge in [0.25, 0.3) is 0 Å². The maximum Gasteiger partial charge on any atom is 0.137 e. The number of nitrogens with zero attached hydrogens (tertiary/aromatic N) is 2. The number of benzene rings is 1. The number of anilines is 2. The van der Waals surface area contributed by atoms with Crippen molar-refractivity contribution in [3.05, 3.63) is 40.8 Å². The fraction of sp³-hybridized carbons (Fsp3) is 0.333. The number of halogens is 1. The number of nitrogens with one attached hydrogen (secondary N) is 1. The first-order valence-electron chi connectivity index (χ1n) is 6.34. The van der Waals surface area contributed by atoms with Gasteiger partial charge in [0, 0.05) is 23.2 Å². The number of rotatable bonds is 3. The molecule has 106 valence electrons. The fourth-order valence-electron chi connectivity index (χ4n) is 1.67. The van der Waals surface area contributed by atoms with E-state index in [9.17, 15) is 0 Å². The summed E-state index contributed by atoms with van der Waals surface area (Å²) in [6.45, 7) is 6.26. The first kappa shape index (κ1) is 14.8. The Balaban J connectivity index is 2.31. The van der Waals surface area contributed by atoms with E-state index in [0.29, 0.717) is 0 Å². The van der Waals surface area contributed by atoms with Gasteiger partial charge in [-0.2, -0.15) is 0 Å². The van der Waals surface area contributed by atoms with Crippen LogP contribution in [0.1, 0.15) is 26.6 Å². The minimum atomic E-state index is -0.103. The van der Waals surface area contributed by atoms with E-state index in [0.717, 1.165) is 27.7 Å². The van der Waals surface area contributed by atoms with Crippen LogP contribution in [-0.4, -0.2) is 17.1 Å². The van der Waals surface area contributed by atoms with E-state index in [-0.39, 0.29) is 5.41 Å². The van der Waals surface area contributed by atoms with Crippen LogP contribution in [0.5, 0.6) is 5.75 Å². The molecule has 20 heavy (non-hydrogen) atoms. The van der Waals surface area contributed by atoms with E-state index < -0.39 is 0 Å². The molecule has 0 bridgehead atoms. The van der Waals surface area contributed by atoms with E-state index in [1.165, 1.54) is 0 Å². The SMILES string of the molecule is COc1cccc(Nc2cc(Br)nc(C(C)(C)C)n2)c1. The number of hydrogen-bond acceptors (Lipinski definition) is 4. The molecule has 0 aliphatic carbocycles. The van der Waals surface area contributed by atoms with Crippen molar-refractivity contribution in [2.75, 3.05) is 12.4 Å². The van der Waals surface area contributed by atoms with E-state index >= 15 is 0 Å². The molecule has 0 fully saturated rings. The number of aromatic nitrogens is 2. The number of methoxy groups -OCH3 is 1. The van der Waals surface area contributed by atoms with Gasteiger partial charge in [-0.15, -0.1) is 0 Å². The summed E-state index contributed by atoms with van der Waals surface area (Å²) in [5, 5.41) is 3.27. The largest absolute Gasteiger partial charge is 0.497 e. The molecular weight excluding hydrogens is 318 g/mol. The molecule has 1 aromatic heterocycles. The predicted molar refractivity (Wildman–Crippen MR) is 84.7 cm³/mol. The second-order valence-electron chi connectivity index (χ2n) is 5.51. The van der Waals surface area contributed by atoms with E-state index in [4.69, 9.17) is 4.74 Å². The Bertz CT molecular complexity index is 608. The summed E-state index contributed by atoms with van der Waals surface area (Å²) in [5.74, 6) is 2.35. The lowest BCUT2D eigenvalue weighted by molar-refractivity contribution is 0.415. The van der Waals surface area contributed by atoms with Gasteiger partial charge >= 0.3 is 0 Å². The van der Waals surface area contributed by atoms with E-state index in [2.05, 4.69) is 52.0 Å². The van der Waals surface area contributed by atoms with Crippen molar-refractivity contribution < 1.29 is 4.74 Å². The van der Waals surface area contributed by atoms with Gasteiger partial charge in [0.1, 0.15) is 22.0 Å². The van der Waals surface area contributed by atoms with Gasteiger partial charge in [0.2, 0.25) is 0 Å². The molecule has 0 atom stereocenters. The van der Waals surface area contributed by atoms with Gasteiger partial charge in [-0.1, -0.05) is 26.8 Å². The van der Waals surface area contributed by atoms with Crippen LogP contribution >= 0.6 is 15.9 Å². The normalized spacial score (nSPS) is 11.2. The monoisotopic (exact) mass is 335 g/mol. The Morgan fingerprint density at radius 3 is 2.55 bits per heavy atom. The van der Waals surface area contributed by atoms with Crippen molar-refractivity contribution in [2.24, 2.45) is 0 Å². The molecule has 2 rings (SSSR count). The molecule has 4 nitrogen and oxygen atoms in total. The zero-order valence-corrected chi connectivity index (χ0v) is 13.7. The molecule has 5 heteroatoms. The Hall–Kier alpha value is -1.62. The van der Waals surface area contributed by atoms with Crippen molar-refractivity contribution in [1.29, 1.82) is 0 Å². The molecule has 1 heterocycles. The predicted octanol–water partition coefficient (Wildman–Crippen LogP) is 4.29. The molecule has 0 amide bonds. The first-order chi connectivity index (χ1) is 9.38. The summed E-state index contributed by atoms with van der Waals surface area (Å²) in [5.41, 5.74) is 0.823. The Kier molecular flexibility index (Phi) is 4.28. The lowest BCUT2D eigenvalue weighted by Gasteiger charge is -2.18. The molecular formula is C15H18BrN3O. The third-order valence-corrected chi connectivity index (χ3v) is 3.11. The molecule has 0 saturated heterocycles. The summed E-state index contributed by atoms with van der Waals surface area (Å²) < 4.78 is 5.98. The minimum absolute atomic E-state index is 0.103. The average molecular weight is 336 g/mol. The lowest BCUT2D eigenvalue weighted by Crippen LogP contribution is -2.16. The fourth-order valence-corrected chi connectivity index (χ4v) is 2.05. The lowest BCUT2D eigenvalue weighted by atomic mass is 9.96. The molecule has 0 unspecified atom stereocenters. The molecule has 2 aromatic rings. The highest BCUT2D eigenvalue weighted by atomic mass is 79.9. The molecule has 1 aromatic carbocycles. The molecule has 0 radical (unpaired) electrons. The maximum atomic E-state index is 5.21. The topological polar surface area (TPSA) is 47.0 Å². The highest BCUT2D eigenvalue weighted by molar-refractivity contribution is 9.10. The summed E-state index contributed by atoms with van der Waals surface area (Å²) >= 11 is 3.43. The zero-order chi connectivity index (χ0) is 14.8. The number of hydrogen-bond donors (Lipinski definition) is 1. The molecule has 0 saturated carbocycles. The summed E-state index contributed by atoms with van der Waals surface area (Å²) in [7, 11) is 1.65.